The molecule has 2 unspecified atom stereocenters. The van der Waals surface area contributed by atoms with Crippen LogP contribution in [0.4, 0.5) is 0 Å². The molecule has 2 aromatic rings. The van der Waals surface area contributed by atoms with Gasteiger partial charge in [-0.3, -0.25) is 0 Å². The standard InChI is InChI=1S/C19H23N3O/c1-12-4-9-16(13(2)10-12)18-11-17(21-19(20)22-18)14-5-7-15(23-3)8-6-14/h4-10,17-18H,11H2,1-3H3,(H3,20,21,22). The van der Waals surface area contributed by atoms with E-state index in [1.807, 2.05) is 12.1 Å². The molecule has 0 saturated carbocycles. The van der Waals surface area contributed by atoms with E-state index in [0.717, 1.165) is 17.7 Å². The van der Waals surface area contributed by atoms with Gasteiger partial charge in [-0.2, -0.15) is 0 Å². The first kappa shape index (κ1) is 15.4. The lowest BCUT2D eigenvalue weighted by Crippen LogP contribution is -2.39. The van der Waals surface area contributed by atoms with Gasteiger partial charge in [0, 0.05) is 0 Å². The molecular formula is C19H23N3O. The molecule has 23 heavy (non-hydrogen) atoms. The molecule has 3 N–H and O–H groups in total. The molecule has 120 valence electrons. The fraction of sp³-hybridized carbons (Fsp3) is 0.316. The van der Waals surface area contributed by atoms with Gasteiger partial charge in [-0.1, -0.05) is 35.9 Å². The maximum atomic E-state index is 6.04. The summed E-state index contributed by atoms with van der Waals surface area (Å²) in [7, 11) is 1.67. The number of ether oxygens (including phenoxy) is 1. The van der Waals surface area contributed by atoms with Gasteiger partial charge in [-0.15, -0.1) is 0 Å². The topological polar surface area (TPSA) is 59.6 Å². The molecule has 0 spiro atoms. The summed E-state index contributed by atoms with van der Waals surface area (Å²) in [5, 5.41) is 3.32. The molecule has 4 heteroatoms. The molecule has 0 radical (unpaired) electrons. The Hall–Kier alpha value is -2.49. The van der Waals surface area contributed by atoms with Crippen LogP contribution in [0.15, 0.2) is 47.5 Å². The third-order valence-corrected chi connectivity index (χ3v) is 4.38. The lowest BCUT2D eigenvalue weighted by Gasteiger charge is -2.30. The second-order valence-electron chi connectivity index (χ2n) is 6.10. The number of nitrogens with two attached hydrogens (primary N) is 1. The Kier molecular flexibility index (Phi) is 4.24. The van der Waals surface area contributed by atoms with Crippen molar-refractivity contribution < 1.29 is 4.74 Å². The lowest BCUT2D eigenvalue weighted by atomic mass is 9.91. The van der Waals surface area contributed by atoms with Crippen molar-refractivity contribution in [1.29, 1.82) is 0 Å². The van der Waals surface area contributed by atoms with Crippen LogP contribution in [0.2, 0.25) is 0 Å². The molecule has 3 rings (SSSR count). The summed E-state index contributed by atoms with van der Waals surface area (Å²) < 4.78 is 5.22. The fourth-order valence-corrected chi connectivity index (χ4v) is 3.18. The predicted molar refractivity (Wildman–Crippen MR) is 93.8 cm³/mol. The molecule has 0 amide bonds. The Bertz CT molecular complexity index is 722. The van der Waals surface area contributed by atoms with Crippen LogP contribution in [0.3, 0.4) is 0 Å². The van der Waals surface area contributed by atoms with E-state index in [1.165, 1.54) is 16.7 Å². The van der Waals surface area contributed by atoms with Crippen LogP contribution >= 0.6 is 0 Å². The number of hydrogen-bond acceptors (Lipinski definition) is 4. The molecule has 4 nitrogen and oxygen atoms in total. The predicted octanol–water partition coefficient (Wildman–Crippen LogP) is 3.40. The average molecular weight is 309 g/mol. The van der Waals surface area contributed by atoms with Crippen LogP contribution in [0.5, 0.6) is 5.75 Å². The van der Waals surface area contributed by atoms with E-state index in [4.69, 9.17) is 10.5 Å². The van der Waals surface area contributed by atoms with Crippen molar-refractivity contribution in [3.63, 3.8) is 0 Å². The summed E-state index contributed by atoms with van der Waals surface area (Å²) in [4.78, 5) is 4.57. The zero-order chi connectivity index (χ0) is 16.4. The van der Waals surface area contributed by atoms with E-state index in [1.54, 1.807) is 7.11 Å². The highest BCUT2D eigenvalue weighted by atomic mass is 16.5. The first-order chi connectivity index (χ1) is 11.1. The molecule has 0 aromatic heterocycles. The summed E-state index contributed by atoms with van der Waals surface area (Å²) in [5.74, 6) is 1.35. The average Bonchev–Trinajstić information content (AvgIpc) is 2.54. The molecule has 2 aromatic carbocycles. The number of methoxy groups -OCH3 is 1. The molecule has 0 bridgehead atoms. The minimum absolute atomic E-state index is 0.0628. The molecule has 2 atom stereocenters. The zero-order valence-electron chi connectivity index (χ0n) is 13.8. The highest BCUT2D eigenvalue weighted by Crippen LogP contribution is 2.34. The SMILES string of the molecule is COc1ccc(C2CC(c3ccc(C)cc3C)NC(N)=N2)cc1. The van der Waals surface area contributed by atoms with E-state index in [-0.39, 0.29) is 12.1 Å². The van der Waals surface area contributed by atoms with Gasteiger partial charge in [0.2, 0.25) is 0 Å². The van der Waals surface area contributed by atoms with Crippen molar-refractivity contribution in [3.8, 4) is 5.75 Å². The summed E-state index contributed by atoms with van der Waals surface area (Å²) in [6, 6.07) is 14.8. The van der Waals surface area contributed by atoms with E-state index >= 15 is 0 Å². The zero-order valence-corrected chi connectivity index (χ0v) is 13.8. The van der Waals surface area contributed by atoms with Crippen LogP contribution in [0.25, 0.3) is 0 Å². The van der Waals surface area contributed by atoms with Crippen molar-refractivity contribution in [1.82, 2.24) is 5.32 Å². The number of nitrogens with one attached hydrogen (secondary N) is 1. The van der Waals surface area contributed by atoms with Crippen LogP contribution in [0.1, 0.15) is 40.8 Å². The fourth-order valence-electron chi connectivity index (χ4n) is 3.18. The van der Waals surface area contributed by atoms with E-state index in [2.05, 4.69) is 54.5 Å². The number of rotatable bonds is 3. The highest BCUT2D eigenvalue weighted by molar-refractivity contribution is 5.79. The van der Waals surface area contributed by atoms with Gasteiger partial charge in [-0.25, -0.2) is 4.99 Å². The van der Waals surface area contributed by atoms with Gasteiger partial charge < -0.3 is 15.8 Å². The second kappa shape index (κ2) is 6.32. The van der Waals surface area contributed by atoms with Gasteiger partial charge in [0.05, 0.1) is 19.2 Å². The highest BCUT2D eigenvalue weighted by Gasteiger charge is 2.25. The number of aryl methyl sites for hydroxylation is 2. The second-order valence-corrected chi connectivity index (χ2v) is 6.10. The van der Waals surface area contributed by atoms with Crippen molar-refractivity contribution in [2.24, 2.45) is 10.7 Å². The minimum atomic E-state index is 0.0628. The maximum Gasteiger partial charge on any atom is 0.189 e. The van der Waals surface area contributed by atoms with Gasteiger partial charge in [0.25, 0.3) is 0 Å². The van der Waals surface area contributed by atoms with E-state index < -0.39 is 0 Å². The van der Waals surface area contributed by atoms with Crippen molar-refractivity contribution in [3.05, 3.63) is 64.7 Å². The first-order valence-corrected chi connectivity index (χ1v) is 7.87. The maximum absolute atomic E-state index is 6.04. The summed E-state index contributed by atoms with van der Waals surface area (Å²) in [6.07, 6.45) is 0.886. The number of benzene rings is 2. The summed E-state index contributed by atoms with van der Waals surface area (Å²) >= 11 is 0. The van der Waals surface area contributed by atoms with Crippen LogP contribution in [-0.2, 0) is 0 Å². The third-order valence-electron chi connectivity index (χ3n) is 4.38. The molecular weight excluding hydrogens is 286 g/mol. The Morgan fingerprint density at radius 3 is 2.52 bits per heavy atom. The summed E-state index contributed by atoms with van der Waals surface area (Å²) in [6.45, 7) is 4.26. The number of nitrogens with zero attached hydrogens (tertiary/aromatic N) is 1. The van der Waals surface area contributed by atoms with Gasteiger partial charge in [0.1, 0.15) is 5.75 Å². The van der Waals surface area contributed by atoms with Gasteiger partial charge in [0.15, 0.2) is 5.96 Å². The largest absolute Gasteiger partial charge is 0.497 e. The summed E-state index contributed by atoms with van der Waals surface area (Å²) in [5.41, 5.74) is 11.0. The molecule has 0 saturated heterocycles. The van der Waals surface area contributed by atoms with Crippen molar-refractivity contribution in [2.45, 2.75) is 32.4 Å². The Balaban J connectivity index is 1.87. The molecule has 1 aliphatic heterocycles. The monoisotopic (exact) mass is 309 g/mol. The van der Waals surface area contributed by atoms with Crippen LogP contribution < -0.4 is 15.8 Å². The lowest BCUT2D eigenvalue weighted by molar-refractivity contribution is 0.414. The van der Waals surface area contributed by atoms with Crippen LogP contribution in [-0.4, -0.2) is 13.1 Å². The third kappa shape index (κ3) is 3.31. The van der Waals surface area contributed by atoms with E-state index in [9.17, 15) is 0 Å². The normalized spacial score (nSPS) is 20.6. The molecule has 0 aliphatic carbocycles. The minimum Gasteiger partial charge on any atom is -0.497 e. The Labute approximate surface area is 137 Å². The number of hydrogen-bond donors (Lipinski definition) is 2. The van der Waals surface area contributed by atoms with E-state index in [0.29, 0.717) is 5.96 Å². The Morgan fingerprint density at radius 2 is 1.87 bits per heavy atom. The Morgan fingerprint density at radius 1 is 1.13 bits per heavy atom. The first-order valence-electron chi connectivity index (χ1n) is 7.87. The van der Waals surface area contributed by atoms with Crippen molar-refractivity contribution in [2.75, 3.05) is 7.11 Å². The quantitative estimate of drug-likeness (QED) is 0.913. The van der Waals surface area contributed by atoms with Gasteiger partial charge in [-0.05, 0) is 49.1 Å². The smallest absolute Gasteiger partial charge is 0.189 e. The molecule has 1 aliphatic rings. The van der Waals surface area contributed by atoms with Gasteiger partial charge >= 0.3 is 0 Å². The van der Waals surface area contributed by atoms with Crippen LogP contribution in [0, 0.1) is 13.8 Å². The number of guanidine groups is 1. The van der Waals surface area contributed by atoms with Crippen molar-refractivity contribution >= 4 is 5.96 Å². The molecule has 1 heterocycles. The number of aliphatic imine (C=N–C) groups is 1. The molecule has 0 fully saturated rings.